The average Bonchev–Trinajstić information content (AvgIpc) is 2.80. The maximum Gasteiger partial charge on any atom is 0.330 e. The molecule has 2 rings (SSSR count). The normalized spacial score (nSPS) is 11.3. The zero-order chi connectivity index (χ0) is 13.8. The van der Waals surface area contributed by atoms with Gasteiger partial charge in [0.05, 0.1) is 19.5 Å². The molecule has 3 N–H and O–H groups in total. The van der Waals surface area contributed by atoms with Gasteiger partial charge in [0, 0.05) is 13.7 Å². The highest BCUT2D eigenvalue weighted by Gasteiger charge is 2.12. The molecule has 104 valence electrons. The average molecular weight is 267 g/mol. The molecule has 0 spiro atoms. The number of nitrogens with two attached hydrogens (primary N) is 1. The highest BCUT2D eigenvalue weighted by atomic mass is 16.5. The van der Waals surface area contributed by atoms with Crippen LogP contribution in [0.4, 0.5) is 0 Å². The minimum absolute atomic E-state index is 0.344. The molecule has 0 bridgehead atoms. The molecule has 0 saturated carbocycles. The van der Waals surface area contributed by atoms with E-state index >= 15 is 0 Å². The molecule has 0 aliphatic rings. The minimum Gasteiger partial charge on any atom is -0.383 e. The Morgan fingerprint density at radius 3 is 2.89 bits per heavy atom. The van der Waals surface area contributed by atoms with Crippen LogP contribution in [0.2, 0.25) is 0 Å². The van der Waals surface area contributed by atoms with Crippen molar-refractivity contribution in [3.63, 3.8) is 0 Å². The molecule has 8 nitrogen and oxygen atoms in total. The second-order valence-corrected chi connectivity index (χ2v) is 4.16. The van der Waals surface area contributed by atoms with Gasteiger partial charge in [-0.1, -0.05) is 0 Å². The van der Waals surface area contributed by atoms with Gasteiger partial charge < -0.3 is 15.0 Å². The lowest BCUT2D eigenvalue weighted by Gasteiger charge is -2.06. The van der Waals surface area contributed by atoms with Crippen LogP contribution in [0, 0.1) is 0 Å². The Bertz CT molecular complexity index is 669. The quantitative estimate of drug-likeness (QED) is 0.689. The summed E-state index contributed by atoms with van der Waals surface area (Å²) in [6, 6.07) is 0. The number of fused-ring (bicyclic) bond motifs is 1. The van der Waals surface area contributed by atoms with Crippen molar-refractivity contribution in [2.45, 2.75) is 19.5 Å². The van der Waals surface area contributed by atoms with Gasteiger partial charge in [0.25, 0.3) is 5.56 Å². The molecule has 0 fully saturated rings. The summed E-state index contributed by atoms with van der Waals surface area (Å²) in [5.41, 5.74) is 5.32. The molecular formula is C11H17N5O3. The maximum atomic E-state index is 11.9. The number of aryl methyl sites for hydroxylation is 1. The molecule has 0 aromatic carbocycles. The van der Waals surface area contributed by atoms with Crippen molar-refractivity contribution >= 4 is 11.2 Å². The van der Waals surface area contributed by atoms with Gasteiger partial charge >= 0.3 is 5.69 Å². The van der Waals surface area contributed by atoms with Gasteiger partial charge in [0.15, 0.2) is 11.2 Å². The first-order valence-corrected chi connectivity index (χ1v) is 6.06. The van der Waals surface area contributed by atoms with Crippen molar-refractivity contribution in [2.24, 2.45) is 5.73 Å². The van der Waals surface area contributed by atoms with E-state index in [9.17, 15) is 9.59 Å². The zero-order valence-corrected chi connectivity index (χ0v) is 10.8. The molecule has 0 amide bonds. The van der Waals surface area contributed by atoms with E-state index in [0.717, 1.165) is 6.42 Å². The van der Waals surface area contributed by atoms with Crippen LogP contribution in [0.15, 0.2) is 15.9 Å². The Morgan fingerprint density at radius 1 is 1.42 bits per heavy atom. The summed E-state index contributed by atoms with van der Waals surface area (Å²) in [6.07, 6.45) is 2.29. The number of imidazole rings is 1. The van der Waals surface area contributed by atoms with Crippen LogP contribution in [0.25, 0.3) is 11.2 Å². The Morgan fingerprint density at radius 2 is 2.21 bits per heavy atom. The third-order valence-electron chi connectivity index (χ3n) is 2.88. The van der Waals surface area contributed by atoms with Crippen molar-refractivity contribution in [1.82, 2.24) is 19.1 Å². The van der Waals surface area contributed by atoms with E-state index in [4.69, 9.17) is 10.5 Å². The predicted molar refractivity (Wildman–Crippen MR) is 70.2 cm³/mol. The van der Waals surface area contributed by atoms with E-state index in [1.54, 1.807) is 18.0 Å². The molecule has 0 unspecified atom stereocenters. The monoisotopic (exact) mass is 267 g/mol. The third kappa shape index (κ3) is 2.59. The fourth-order valence-corrected chi connectivity index (χ4v) is 1.94. The molecule has 2 heterocycles. The van der Waals surface area contributed by atoms with Crippen LogP contribution >= 0.6 is 0 Å². The number of nitrogens with one attached hydrogen (secondary N) is 1. The largest absolute Gasteiger partial charge is 0.383 e. The highest BCUT2D eigenvalue weighted by molar-refractivity contribution is 5.69. The summed E-state index contributed by atoms with van der Waals surface area (Å²) in [4.78, 5) is 30.1. The second-order valence-electron chi connectivity index (χ2n) is 4.16. The van der Waals surface area contributed by atoms with E-state index in [0.29, 0.717) is 37.4 Å². The lowest BCUT2D eigenvalue weighted by molar-refractivity contribution is 0.187. The van der Waals surface area contributed by atoms with Crippen molar-refractivity contribution in [3.05, 3.63) is 27.2 Å². The Labute approximate surface area is 108 Å². The molecule has 0 aliphatic heterocycles. The summed E-state index contributed by atoms with van der Waals surface area (Å²) in [7, 11) is 1.55. The lowest BCUT2D eigenvalue weighted by atomic mass is 10.4. The first-order chi connectivity index (χ1) is 9.19. The van der Waals surface area contributed by atoms with Gasteiger partial charge in [-0.2, -0.15) is 0 Å². The number of methoxy groups -OCH3 is 1. The predicted octanol–water partition coefficient (Wildman–Crippen LogP) is -1.12. The SMILES string of the molecule is COCCn1c(=O)[nH]c(=O)c2c1ncn2CCCN. The number of ether oxygens (including phenoxy) is 1. The number of rotatable bonds is 6. The van der Waals surface area contributed by atoms with Crippen molar-refractivity contribution in [3.8, 4) is 0 Å². The molecule has 0 atom stereocenters. The number of hydrogen-bond acceptors (Lipinski definition) is 5. The fourth-order valence-electron chi connectivity index (χ4n) is 1.94. The first kappa shape index (κ1) is 13.5. The van der Waals surface area contributed by atoms with Crippen molar-refractivity contribution in [1.29, 1.82) is 0 Å². The Balaban J connectivity index is 2.55. The molecule has 19 heavy (non-hydrogen) atoms. The van der Waals surface area contributed by atoms with E-state index in [1.807, 2.05) is 0 Å². The van der Waals surface area contributed by atoms with E-state index in [1.165, 1.54) is 4.57 Å². The van der Waals surface area contributed by atoms with E-state index < -0.39 is 11.2 Å². The lowest BCUT2D eigenvalue weighted by Crippen LogP contribution is -2.32. The molecule has 2 aromatic rings. The molecule has 2 aromatic heterocycles. The van der Waals surface area contributed by atoms with Gasteiger partial charge in [-0.15, -0.1) is 0 Å². The standard InChI is InChI=1S/C11H17N5O3/c1-19-6-5-16-9-8(10(17)14-11(16)18)15(7-13-9)4-2-3-12/h7H,2-6,12H2,1H3,(H,14,17,18). The van der Waals surface area contributed by atoms with Crippen molar-refractivity contribution in [2.75, 3.05) is 20.3 Å². The van der Waals surface area contributed by atoms with E-state index in [2.05, 4.69) is 9.97 Å². The van der Waals surface area contributed by atoms with Crippen LogP contribution in [-0.4, -0.2) is 39.4 Å². The van der Waals surface area contributed by atoms with E-state index in [-0.39, 0.29) is 0 Å². The number of nitrogens with zero attached hydrogens (tertiary/aromatic N) is 3. The van der Waals surface area contributed by atoms with Gasteiger partial charge in [-0.05, 0) is 13.0 Å². The summed E-state index contributed by atoms with van der Waals surface area (Å²) in [5, 5.41) is 0. The van der Waals surface area contributed by atoms with Gasteiger partial charge in [0.1, 0.15) is 0 Å². The van der Waals surface area contributed by atoms with Crippen LogP contribution < -0.4 is 17.0 Å². The Hall–Kier alpha value is -1.93. The van der Waals surface area contributed by atoms with Gasteiger partial charge in [-0.25, -0.2) is 9.78 Å². The molecule has 0 radical (unpaired) electrons. The number of aromatic nitrogens is 4. The molecule has 8 heteroatoms. The van der Waals surface area contributed by atoms with Gasteiger partial charge in [0.2, 0.25) is 0 Å². The first-order valence-electron chi connectivity index (χ1n) is 6.06. The van der Waals surface area contributed by atoms with Crippen LogP contribution in [-0.2, 0) is 17.8 Å². The maximum absolute atomic E-state index is 11.9. The van der Waals surface area contributed by atoms with Crippen LogP contribution in [0.1, 0.15) is 6.42 Å². The Kier molecular flexibility index (Phi) is 4.13. The van der Waals surface area contributed by atoms with Crippen LogP contribution in [0.3, 0.4) is 0 Å². The van der Waals surface area contributed by atoms with Crippen LogP contribution in [0.5, 0.6) is 0 Å². The number of hydrogen-bond donors (Lipinski definition) is 2. The molecule has 0 saturated heterocycles. The fraction of sp³-hybridized carbons (Fsp3) is 0.545. The third-order valence-corrected chi connectivity index (χ3v) is 2.88. The number of H-pyrrole nitrogens is 1. The zero-order valence-electron chi connectivity index (χ0n) is 10.8. The highest BCUT2D eigenvalue weighted by Crippen LogP contribution is 2.06. The summed E-state index contributed by atoms with van der Waals surface area (Å²) in [5.74, 6) is 0. The van der Waals surface area contributed by atoms with Gasteiger partial charge in [-0.3, -0.25) is 14.3 Å². The summed E-state index contributed by atoms with van der Waals surface area (Å²) in [6.45, 7) is 1.84. The van der Waals surface area contributed by atoms with Crippen molar-refractivity contribution < 1.29 is 4.74 Å². The topological polar surface area (TPSA) is 108 Å². The summed E-state index contributed by atoms with van der Waals surface area (Å²) >= 11 is 0. The number of aromatic amines is 1. The smallest absolute Gasteiger partial charge is 0.330 e. The minimum atomic E-state index is -0.473. The molecular weight excluding hydrogens is 250 g/mol. The second kappa shape index (κ2) is 5.81. The molecule has 0 aliphatic carbocycles. The summed E-state index contributed by atoms with van der Waals surface area (Å²) < 4.78 is 8.06.